The van der Waals surface area contributed by atoms with E-state index in [1.807, 2.05) is 13.8 Å². The van der Waals surface area contributed by atoms with Crippen molar-refractivity contribution in [2.24, 2.45) is 0 Å². The quantitative estimate of drug-likeness (QED) is 0.0492. The number of rotatable bonds is 11. The standard InChI is InChI=1S/C44H39IN2O14S4/c1-43(2)37-26-35(65(59,60)61)18-20-39(37)47(31-8-6-10-33(24-31)63(53,54)55)45-40(43)21-15-28(27-11-13-29(14-12-27)42(48)49)16-22-41-44(3,4)36-25-34(64(56,57)58)17-19-38(36)46(41)30-7-5-9-32(23-30)62(50,51)52/h5-26H,1-4H3,(H,48,49)(H,50,51,52)(H,53,54,55)(H,56,57,58)(H,59,60,61)/p-2/b21-15+,28-16-,41-22+. The number of carboxylic acids is 1. The Bertz CT molecular complexity index is 3420. The van der Waals surface area contributed by atoms with Crippen molar-refractivity contribution in [3.8, 4) is 0 Å². The molecule has 0 unspecified atom stereocenters. The Kier molecular flexibility index (Phi) is 12.3. The summed E-state index contributed by atoms with van der Waals surface area (Å²) in [6, 6.07) is 24.6. The Balaban J connectivity index is 1.45. The summed E-state index contributed by atoms with van der Waals surface area (Å²) in [5, 5.41) is 9.68. The minimum absolute atomic E-state index is 0.00556. The van der Waals surface area contributed by atoms with Gasteiger partial charge in [-0.25, -0.2) is 21.6 Å². The van der Waals surface area contributed by atoms with E-state index in [9.17, 15) is 61.8 Å². The van der Waals surface area contributed by atoms with Gasteiger partial charge in [-0.3, -0.25) is 12.2 Å². The third-order valence-electron chi connectivity index (χ3n) is 11.0. The zero-order valence-corrected chi connectivity index (χ0v) is 39.9. The maximum Gasteiger partial charge on any atom is 0.335 e. The summed E-state index contributed by atoms with van der Waals surface area (Å²) >= 11 is -1.32. The van der Waals surface area contributed by atoms with Gasteiger partial charge in [-0.2, -0.15) is 16.8 Å². The molecule has 3 N–H and O–H groups in total. The predicted molar refractivity (Wildman–Crippen MR) is 249 cm³/mol. The van der Waals surface area contributed by atoms with E-state index in [-0.39, 0.29) is 16.1 Å². The maximum atomic E-state index is 12.3. The molecule has 16 nitrogen and oxygen atoms in total. The van der Waals surface area contributed by atoms with Crippen molar-refractivity contribution in [1.82, 2.24) is 0 Å². The number of allylic oxidation sites excluding steroid dienone is 6. The number of benzene rings is 5. The molecule has 5 aromatic rings. The molecule has 65 heavy (non-hydrogen) atoms. The first-order valence-corrected chi connectivity index (χ1v) is 26.8. The molecule has 340 valence electrons. The summed E-state index contributed by atoms with van der Waals surface area (Å²) in [4.78, 5) is 11.7. The van der Waals surface area contributed by atoms with Crippen LogP contribution in [0, 0.1) is 0 Å². The highest BCUT2D eigenvalue weighted by molar-refractivity contribution is 14.2. The van der Waals surface area contributed by atoms with E-state index in [0.29, 0.717) is 45.0 Å². The van der Waals surface area contributed by atoms with Crippen molar-refractivity contribution in [2.45, 2.75) is 58.1 Å². The summed E-state index contributed by atoms with van der Waals surface area (Å²) in [5.74, 6) is -1.17. The first-order valence-electron chi connectivity index (χ1n) is 19.0. The van der Waals surface area contributed by atoms with E-state index in [0.717, 1.165) is 9.58 Å². The first kappa shape index (κ1) is 47.6. The summed E-state index contributed by atoms with van der Waals surface area (Å²) < 4.78 is 145. The van der Waals surface area contributed by atoms with Crippen LogP contribution in [0.1, 0.15) is 54.7 Å². The van der Waals surface area contributed by atoms with Gasteiger partial charge in [-0.1, -0.05) is 70.2 Å². The number of anilines is 4. The molecule has 0 bridgehead atoms. The van der Waals surface area contributed by atoms with Crippen LogP contribution in [0.3, 0.4) is 0 Å². The molecule has 21 heteroatoms. The molecule has 2 aliphatic heterocycles. The molecular weight excluding hydrogens is 1040 g/mol. The molecule has 0 saturated carbocycles. The van der Waals surface area contributed by atoms with Crippen molar-refractivity contribution < 1.29 is 61.8 Å². The van der Waals surface area contributed by atoms with Gasteiger partial charge in [0.25, 0.3) is 20.2 Å². The number of nitrogens with zero attached hydrogens (tertiary/aromatic N) is 2. The molecule has 0 fully saturated rings. The van der Waals surface area contributed by atoms with Gasteiger partial charge < -0.3 is 19.1 Å². The van der Waals surface area contributed by atoms with E-state index in [1.165, 1.54) is 78.9 Å². The number of fused-ring (bicyclic) bond motifs is 2. The lowest BCUT2D eigenvalue weighted by Gasteiger charge is -2.38. The molecule has 0 spiro atoms. The number of aromatic carboxylic acids is 1. The average Bonchev–Trinajstić information content (AvgIpc) is 3.45. The summed E-state index contributed by atoms with van der Waals surface area (Å²) in [5.41, 5.74) is 1.75. The smallest absolute Gasteiger partial charge is 0.335 e. The molecule has 0 amide bonds. The minimum atomic E-state index is -4.92. The fourth-order valence-electron chi connectivity index (χ4n) is 7.55. The maximum absolute atomic E-state index is 12.3. The summed E-state index contributed by atoms with van der Waals surface area (Å²) in [7, 11) is -19.1. The molecule has 0 saturated heterocycles. The van der Waals surface area contributed by atoms with Gasteiger partial charge in [-0.15, -0.1) is 0 Å². The minimum Gasteiger partial charge on any atom is -0.744 e. The zero-order valence-electron chi connectivity index (χ0n) is 34.4. The van der Waals surface area contributed by atoms with Gasteiger partial charge >= 0.3 is 5.97 Å². The van der Waals surface area contributed by atoms with Crippen molar-refractivity contribution in [2.75, 3.05) is 8.01 Å². The fraction of sp³-hybridized carbons (Fsp3) is 0.136. The summed E-state index contributed by atoms with van der Waals surface area (Å²) in [6.45, 7) is 7.19. The lowest BCUT2D eigenvalue weighted by atomic mass is 9.80. The van der Waals surface area contributed by atoms with Crippen molar-refractivity contribution >= 4 is 99.3 Å². The van der Waals surface area contributed by atoms with Crippen molar-refractivity contribution in [3.63, 3.8) is 0 Å². The van der Waals surface area contributed by atoms with E-state index in [2.05, 4.69) is 0 Å². The van der Waals surface area contributed by atoms with Gasteiger partial charge in [-0.05, 0) is 113 Å². The fourth-order valence-corrected chi connectivity index (χ4v) is 12.6. The van der Waals surface area contributed by atoms with Crippen molar-refractivity contribution in [1.29, 1.82) is 0 Å². The Morgan fingerprint density at radius 2 is 1.11 bits per heavy atom. The SMILES string of the molecule is CC1(C)C(/C=C/C(=C/C=C2/N(c3cccc(S(=O)(=O)O)c3)c3ccc(S(=O)(=O)[O-])cc3C2(C)C)c2ccc(C(=O)O)cc2)=IN(c2cccc(S(=O)(=O)O)c2)c2ccc(S(=O)(=O)[O-])cc21. The van der Waals surface area contributed by atoms with Crippen LogP contribution in [0.15, 0.2) is 159 Å². The molecule has 7 rings (SSSR count). The molecule has 5 aromatic carbocycles. The van der Waals surface area contributed by atoms with Crippen LogP contribution in [0.5, 0.6) is 0 Å². The van der Waals surface area contributed by atoms with Crippen LogP contribution < -0.4 is 8.01 Å². The van der Waals surface area contributed by atoms with E-state index in [1.54, 1.807) is 70.4 Å². The van der Waals surface area contributed by atoms with Crippen LogP contribution in [-0.4, -0.2) is 66.5 Å². The number of carboxylic acid groups (broad SMARTS) is 1. The molecule has 2 aliphatic rings. The number of halogens is 1. The highest BCUT2D eigenvalue weighted by Crippen LogP contribution is 2.52. The molecule has 0 radical (unpaired) electrons. The van der Waals surface area contributed by atoms with Gasteiger partial charge in [0.15, 0.2) is 0 Å². The van der Waals surface area contributed by atoms with Crippen molar-refractivity contribution in [3.05, 3.63) is 161 Å². The van der Waals surface area contributed by atoms with Crippen LogP contribution in [0.25, 0.3) is 5.57 Å². The van der Waals surface area contributed by atoms with Crippen LogP contribution in [-0.2, 0) is 51.3 Å². The third kappa shape index (κ3) is 9.51. The van der Waals surface area contributed by atoms with E-state index < -0.39 is 93.0 Å². The molecule has 0 aromatic heterocycles. The second-order valence-electron chi connectivity index (χ2n) is 15.9. The normalized spacial score (nSPS) is 17.1. The second kappa shape index (κ2) is 16.8. The topological polar surface area (TPSA) is 267 Å². The van der Waals surface area contributed by atoms with Gasteiger partial charge in [0.05, 0.1) is 42.2 Å². The number of hydrogen-bond acceptors (Lipinski definition) is 13. The highest BCUT2D eigenvalue weighted by atomic mass is 127. The summed E-state index contributed by atoms with van der Waals surface area (Å²) in [6.07, 6.45) is 6.90. The first-order chi connectivity index (χ1) is 30.1. The highest BCUT2D eigenvalue weighted by Gasteiger charge is 2.41. The third-order valence-corrected chi connectivity index (χ3v) is 18.1. The largest absolute Gasteiger partial charge is 0.744 e. The predicted octanol–water partition coefficient (Wildman–Crippen LogP) is 7.83. The van der Waals surface area contributed by atoms with E-state index in [4.69, 9.17) is 0 Å². The Labute approximate surface area is 386 Å². The van der Waals surface area contributed by atoms with Crippen LogP contribution >= 0.6 is 21.0 Å². The Morgan fingerprint density at radius 3 is 1.63 bits per heavy atom. The molecule has 0 atom stereocenters. The van der Waals surface area contributed by atoms with Crippen LogP contribution in [0.2, 0.25) is 0 Å². The van der Waals surface area contributed by atoms with Crippen LogP contribution in [0.4, 0.5) is 22.7 Å². The van der Waals surface area contributed by atoms with Gasteiger partial charge in [0, 0.05) is 46.7 Å². The van der Waals surface area contributed by atoms with E-state index >= 15 is 0 Å². The second-order valence-corrected chi connectivity index (χ2v) is 24.1. The number of carbonyl (C=O) groups is 1. The Morgan fingerprint density at radius 1 is 0.615 bits per heavy atom. The monoisotopic (exact) mass is 1070 g/mol. The molecular formula is C44H37IN2O14S4-2. The van der Waals surface area contributed by atoms with Gasteiger partial charge in [0.1, 0.15) is 20.2 Å². The van der Waals surface area contributed by atoms with Gasteiger partial charge in [0.2, 0.25) is 0 Å². The molecule has 0 aliphatic carbocycles. The molecule has 2 heterocycles. The zero-order chi connectivity index (χ0) is 47.7. The Hall–Kier alpha value is -5.37. The number of hydrogen-bond donors (Lipinski definition) is 3. The average molecular weight is 1070 g/mol. The lowest BCUT2D eigenvalue weighted by molar-refractivity contribution is 0.0696. The lowest BCUT2D eigenvalue weighted by Crippen LogP contribution is -2.33.